The van der Waals surface area contributed by atoms with Crippen molar-refractivity contribution < 1.29 is 24.1 Å². The number of hydrogen-bond acceptors (Lipinski definition) is 5. The molecule has 0 heterocycles. The second kappa shape index (κ2) is 8.72. The van der Waals surface area contributed by atoms with Crippen LogP contribution >= 0.6 is 0 Å². The highest BCUT2D eigenvalue weighted by Crippen LogP contribution is 2.43. The Morgan fingerprint density at radius 1 is 1.04 bits per heavy atom. The van der Waals surface area contributed by atoms with E-state index in [0.29, 0.717) is 25.6 Å². The summed E-state index contributed by atoms with van der Waals surface area (Å²) in [6.07, 6.45) is 5.12. The van der Waals surface area contributed by atoms with Crippen molar-refractivity contribution in [2.75, 3.05) is 26.4 Å². The van der Waals surface area contributed by atoms with Crippen LogP contribution in [0.2, 0.25) is 0 Å². The Labute approximate surface area is 153 Å². The van der Waals surface area contributed by atoms with Gasteiger partial charge in [-0.2, -0.15) is 0 Å². The van der Waals surface area contributed by atoms with E-state index in [-0.39, 0.29) is 6.61 Å². The van der Waals surface area contributed by atoms with E-state index in [1.807, 2.05) is 24.3 Å². The maximum absolute atomic E-state index is 10.9. The Kier molecular flexibility index (Phi) is 6.12. The molecule has 0 radical (unpaired) electrons. The lowest BCUT2D eigenvalue weighted by molar-refractivity contribution is -0.139. The first-order valence-electron chi connectivity index (χ1n) is 8.97. The monoisotopic (exact) mass is 356 g/mol. The Bertz CT molecular complexity index is 797. The zero-order valence-corrected chi connectivity index (χ0v) is 14.8. The summed E-state index contributed by atoms with van der Waals surface area (Å²) in [5.74, 6) is 0.796. The molecule has 0 spiro atoms. The highest BCUT2D eigenvalue weighted by Gasteiger charge is 2.22. The fourth-order valence-electron chi connectivity index (χ4n) is 3.36. The van der Waals surface area contributed by atoms with Crippen LogP contribution < -0.4 is 4.74 Å². The van der Waals surface area contributed by atoms with Crippen LogP contribution in [-0.2, 0) is 27.1 Å². The number of carbonyl (C=O) groups excluding carboxylic acids is 1. The van der Waals surface area contributed by atoms with Gasteiger partial charge in [0.1, 0.15) is 24.7 Å². The predicted molar refractivity (Wildman–Crippen MR) is 99.7 cm³/mol. The van der Waals surface area contributed by atoms with Gasteiger partial charge in [0.25, 0.3) is 0 Å². The number of rotatable bonds is 8. The minimum absolute atomic E-state index is 0.197. The number of carbonyl (C=O) groups is 1. The zero-order chi connectivity index (χ0) is 18.4. The molecule has 1 aliphatic rings. The summed E-state index contributed by atoms with van der Waals surface area (Å²) in [4.78, 5) is 10.9. The second-order valence-electron chi connectivity index (χ2n) is 6.22. The van der Waals surface area contributed by atoms with Gasteiger partial charge in [-0.05, 0) is 25.7 Å². The standard InChI is InChI=1S/C21H24O5/c1-2-19(22)25-13-11-24-12-14-26-21-17-9-5-3-7-15(17)20(23)16-8-4-6-10-18(16)21/h2-3,5,7,9,23H,1,4,6,8,10-14H2. The molecule has 1 aliphatic carbocycles. The minimum atomic E-state index is -0.452. The lowest BCUT2D eigenvalue weighted by atomic mass is 9.87. The van der Waals surface area contributed by atoms with Gasteiger partial charge in [-0.3, -0.25) is 0 Å². The topological polar surface area (TPSA) is 65.0 Å². The van der Waals surface area contributed by atoms with Gasteiger partial charge in [-0.25, -0.2) is 4.79 Å². The summed E-state index contributed by atoms with van der Waals surface area (Å²) in [5.41, 5.74) is 2.13. The molecule has 5 nitrogen and oxygen atoms in total. The van der Waals surface area contributed by atoms with Crippen molar-refractivity contribution in [1.29, 1.82) is 0 Å². The average Bonchev–Trinajstić information content (AvgIpc) is 2.69. The fraction of sp³-hybridized carbons (Fsp3) is 0.381. The molecule has 0 bridgehead atoms. The number of aromatic hydroxyl groups is 1. The van der Waals surface area contributed by atoms with Gasteiger partial charge in [0.15, 0.2) is 0 Å². The van der Waals surface area contributed by atoms with Crippen molar-refractivity contribution in [2.24, 2.45) is 0 Å². The van der Waals surface area contributed by atoms with E-state index in [1.165, 1.54) is 0 Å². The molecule has 5 heteroatoms. The second-order valence-corrected chi connectivity index (χ2v) is 6.22. The van der Waals surface area contributed by atoms with Gasteiger partial charge in [0.05, 0.1) is 13.2 Å². The van der Waals surface area contributed by atoms with Crippen LogP contribution in [0.15, 0.2) is 36.9 Å². The van der Waals surface area contributed by atoms with Crippen LogP contribution in [0.1, 0.15) is 24.0 Å². The van der Waals surface area contributed by atoms with Crippen molar-refractivity contribution in [3.63, 3.8) is 0 Å². The zero-order valence-electron chi connectivity index (χ0n) is 14.8. The van der Waals surface area contributed by atoms with Crippen LogP contribution in [0.3, 0.4) is 0 Å². The van der Waals surface area contributed by atoms with Crippen LogP contribution in [0.25, 0.3) is 10.8 Å². The third kappa shape index (κ3) is 3.99. The number of hydrogen-bond donors (Lipinski definition) is 1. The summed E-state index contributed by atoms with van der Waals surface area (Å²) in [5, 5.41) is 12.4. The molecule has 3 rings (SSSR count). The third-order valence-corrected chi connectivity index (χ3v) is 4.57. The summed E-state index contributed by atoms with van der Waals surface area (Å²) in [6.45, 7) is 4.65. The normalized spacial score (nSPS) is 13.2. The Hall–Kier alpha value is -2.53. The third-order valence-electron chi connectivity index (χ3n) is 4.57. The van der Waals surface area contributed by atoms with E-state index in [0.717, 1.165) is 59.4 Å². The smallest absolute Gasteiger partial charge is 0.330 e. The van der Waals surface area contributed by atoms with Gasteiger partial charge < -0.3 is 19.3 Å². The van der Waals surface area contributed by atoms with E-state index in [9.17, 15) is 9.90 Å². The molecule has 1 N–H and O–H groups in total. The predicted octanol–water partition coefficient (Wildman–Crippen LogP) is 3.55. The van der Waals surface area contributed by atoms with E-state index in [2.05, 4.69) is 6.58 Å². The molecule has 0 amide bonds. The molecule has 138 valence electrons. The quantitative estimate of drug-likeness (QED) is 0.445. The van der Waals surface area contributed by atoms with E-state index in [1.54, 1.807) is 0 Å². The molecule has 0 aliphatic heterocycles. The van der Waals surface area contributed by atoms with E-state index >= 15 is 0 Å². The first-order chi connectivity index (χ1) is 12.7. The average molecular weight is 356 g/mol. The maximum atomic E-state index is 10.9. The van der Waals surface area contributed by atoms with Gasteiger partial charge >= 0.3 is 5.97 Å². The largest absolute Gasteiger partial charge is 0.507 e. The lowest BCUT2D eigenvalue weighted by Gasteiger charge is -2.23. The number of phenols is 1. The van der Waals surface area contributed by atoms with Crippen molar-refractivity contribution in [3.8, 4) is 11.5 Å². The number of benzene rings is 2. The van der Waals surface area contributed by atoms with Crippen molar-refractivity contribution in [1.82, 2.24) is 0 Å². The molecule has 2 aromatic carbocycles. The SMILES string of the molecule is C=CC(=O)OCCOCCOc1c2c(c(O)c3ccccc13)CCCC2. The number of fused-ring (bicyclic) bond motifs is 2. The van der Waals surface area contributed by atoms with E-state index < -0.39 is 5.97 Å². The van der Waals surface area contributed by atoms with Crippen LogP contribution in [0.5, 0.6) is 11.5 Å². The summed E-state index contributed by atoms with van der Waals surface area (Å²) in [6, 6.07) is 7.79. The fourth-order valence-corrected chi connectivity index (χ4v) is 3.36. The highest BCUT2D eigenvalue weighted by atomic mass is 16.6. The van der Waals surface area contributed by atoms with Crippen LogP contribution in [0, 0.1) is 0 Å². The molecule has 0 aromatic heterocycles. The van der Waals surface area contributed by atoms with Crippen molar-refractivity contribution in [2.45, 2.75) is 25.7 Å². The first-order valence-corrected chi connectivity index (χ1v) is 8.97. The van der Waals surface area contributed by atoms with E-state index in [4.69, 9.17) is 14.2 Å². The summed E-state index contributed by atoms with van der Waals surface area (Å²) in [7, 11) is 0. The summed E-state index contributed by atoms with van der Waals surface area (Å²) >= 11 is 0. The molecule has 0 saturated carbocycles. The van der Waals surface area contributed by atoms with Crippen LogP contribution in [0.4, 0.5) is 0 Å². The van der Waals surface area contributed by atoms with Gasteiger partial charge in [-0.1, -0.05) is 30.8 Å². The van der Waals surface area contributed by atoms with Gasteiger partial charge in [0, 0.05) is 28.0 Å². The summed E-state index contributed by atoms with van der Waals surface area (Å²) < 4.78 is 16.4. The minimum Gasteiger partial charge on any atom is -0.507 e. The Balaban J connectivity index is 1.65. The molecule has 0 saturated heterocycles. The Morgan fingerprint density at radius 2 is 1.73 bits per heavy atom. The molecule has 2 aromatic rings. The lowest BCUT2D eigenvalue weighted by Crippen LogP contribution is -2.14. The van der Waals surface area contributed by atoms with Crippen molar-refractivity contribution >= 4 is 16.7 Å². The highest BCUT2D eigenvalue weighted by molar-refractivity contribution is 5.96. The molecular formula is C21H24O5. The maximum Gasteiger partial charge on any atom is 0.330 e. The molecule has 26 heavy (non-hydrogen) atoms. The molecule has 0 unspecified atom stereocenters. The molecule has 0 fully saturated rings. The number of esters is 1. The molecule has 0 atom stereocenters. The number of phenolic OH excluding ortho intramolecular Hbond substituents is 1. The van der Waals surface area contributed by atoms with Gasteiger partial charge in [-0.15, -0.1) is 0 Å². The Morgan fingerprint density at radius 3 is 2.50 bits per heavy atom. The first kappa shape index (κ1) is 18.3. The molecular weight excluding hydrogens is 332 g/mol. The van der Waals surface area contributed by atoms with Gasteiger partial charge in [0.2, 0.25) is 0 Å². The van der Waals surface area contributed by atoms with Crippen molar-refractivity contribution in [3.05, 3.63) is 48.0 Å². The number of ether oxygens (including phenoxy) is 3. The van der Waals surface area contributed by atoms with Crippen LogP contribution in [-0.4, -0.2) is 37.5 Å².